The minimum atomic E-state index is -0.430. The summed E-state index contributed by atoms with van der Waals surface area (Å²) in [6.07, 6.45) is 4.89. The van der Waals surface area contributed by atoms with E-state index in [4.69, 9.17) is 4.42 Å². The third kappa shape index (κ3) is 4.75. The van der Waals surface area contributed by atoms with Gasteiger partial charge < -0.3 is 14.2 Å². The molecule has 2 fully saturated rings. The molecule has 1 aromatic heterocycles. The summed E-state index contributed by atoms with van der Waals surface area (Å²) in [4.78, 5) is 43.2. The highest BCUT2D eigenvalue weighted by molar-refractivity contribution is 5.79. The van der Waals surface area contributed by atoms with Crippen LogP contribution in [0, 0.1) is 0 Å². The van der Waals surface area contributed by atoms with Crippen molar-refractivity contribution in [3.63, 3.8) is 0 Å². The molecule has 0 atom stereocenters. The molecule has 0 N–H and O–H groups in total. The zero-order valence-electron chi connectivity index (χ0n) is 17.4. The molecule has 2 aliphatic heterocycles. The van der Waals surface area contributed by atoms with Crippen molar-refractivity contribution in [2.45, 2.75) is 38.6 Å². The molecule has 0 spiro atoms. The fraction of sp³-hybridized carbons (Fsp3) is 0.591. The first kappa shape index (κ1) is 20.7. The SMILES string of the molecule is O=C(CCn1c(=O)oc2ccccc21)N1CCN(CC(=O)N2CCCCCC2)CC1. The van der Waals surface area contributed by atoms with Gasteiger partial charge in [0.2, 0.25) is 11.8 Å². The number of carbonyl (C=O) groups excluding carboxylic acids is 2. The fourth-order valence-corrected chi connectivity index (χ4v) is 4.36. The van der Waals surface area contributed by atoms with Crippen molar-refractivity contribution in [2.75, 3.05) is 45.8 Å². The number of carbonyl (C=O) groups is 2. The van der Waals surface area contributed by atoms with Crippen LogP contribution in [0.4, 0.5) is 0 Å². The van der Waals surface area contributed by atoms with E-state index in [0.29, 0.717) is 50.4 Å². The van der Waals surface area contributed by atoms with Crippen molar-refractivity contribution >= 4 is 22.9 Å². The van der Waals surface area contributed by atoms with Crippen LogP contribution in [0.15, 0.2) is 33.5 Å². The van der Waals surface area contributed by atoms with Gasteiger partial charge in [-0.2, -0.15) is 0 Å². The van der Waals surface area contributed by atoms with E-state index in [9.17, 15) is 14.4 Å². The minimum absolute atomic E-state index is 0.0330. The molecule has 2 amide bonds. The third-order valence-electron chi connectivity index (χ3n) is 6.17. The van der Waals surface area contributed by atoms with Crippen LogP contribution in [-0.2, 0) is 16.1 Å². The van der Waals surface area contributed by atoms with Crippen LogP contribution >= 0.6 is 0 Å². The molecule has 8 heteroatoms. The predicted octanol–water partition coefficient (Wildman–Crippen LogP) is 1.53. The van der Waals surface area contributed by atoms with Gasteiger partial charge in [-0.3, -0.25) is 19.1 Å². The predicted molar refractivity (Wildman–Crippen MR) is 113 cm³/mol. The molecular weight excluding hydrogens is 384 g/mol. The maximum absolute atomic E-state index is 12.6. The first-order valence-corrected chi connectivity index (χ1v) is 11.0. The third-order valence-corrected chi connectivity index (χ3v) is 6.17. The molecule has 1 aromatic carbocycles. The van der Waals surface area contributed by atoms with E-state index in [-0.39, 0.29) is 18.2 Å². The fourth-order valence-electron chi connectivity index (χ4n) is 4.36. The number of amides is 2. The summed E-state index contributed by atoms with van der Waals surface area (Å²) in [6.45, 7) is 5.15. The first-order chi connectivity index (χ1) is 14.6. The molecule has 162 valence electrons. The summed E-state index contributed by atoms with van der Waals surface area (Å²) in [6, 6.07) is 7.24. The highest BCUT2D eigenvalue weighted by Gasteiger charge is 2.24. The summed E-state index contributed by atoms with van der Waals surface area (Å²) in [5.74, 6) is -0.186. The highest BCUT2D eigenvalue weighted by atomic mass is 16.4. The Morgan fingerprint density at radius 1 is 0.833 bits per heavy atom. The lowest BCUT2D eigenvalue weighted by molar-refractivity contribution is -0.135. The van der Waals surface area contributed by atoms with E-state index >= 15 is 0 Å². The molecule has 0 bridgehead atoms. The number of hydrogen-bond acceptors (Lipinski definition) is 5. The van der Waals surface area contributed by atoms with Crippen molar-refractivity contribution < 1.29 is 14.0 Å². The molecule has 2 aliphatic rings. The lowest BCUT2D eigenvalue weighted by Gasteiger charge is -2.35. The van der Waals surface area contributed by atoms with E-state index in [1.165, 1.54) is 17.4 Å². The van der Waals surface area contributed by atoms with Gasteiger partial charge in [-0.15, -0.1) is 0 Å². The van der Waals surface area contributed by atoms with Crippen LogP contribution in [0.3, 0.4) is 0 Å². The number of piperazine rings is 1. The van der Waals surface area contributed by atoms with Crippen LogP contribution in [-0.4, -0.2) is 76.9 Å². The Labute approximate surface area is 176 Å². The maximum Gasteiger partial charge on any atom is 0.419 e. The molecule has 0 saturated carbocycles. The number of benzene rings is 1. The molecule has 0 unspecified atom stereocenters. The van der Waals surface area contributed by atoms with Gasteiger partial charge in [-0.1, -0.05) is 25.0 Å². The van der Waals surface area contributed by atoms with Crippen LogP contribution in [0.25, 0.3) is 11.1 Å². The Kier molecular flexibility index (Phi) is 6.52. The number of para-hydroxylation sites is 2. The Morgan fingerprint density at radius 2 is 1.50 bits per heavy atom. The monoisotopic (exact) mass is 414 g/mol. The molecule has 4 rings (SSSR count). The first-order valence-electron chi connectivity index (χ1n) is 11.0. The van der Waals surface area contributed by atoms with Crippen molar-refractivity contribution in [1.82, 2.24) is 19.3 Å². The highest BCUT2D eigenvalue weighted by Crippen LogP contribution is 2.14. The van der Waals surface area contributed by atoms with Crippen LogP contribution in [0.1, 0.15) is 32.1 Å². The largest absolute Gasteiger partial charge is 0.419 e. The normalized spacial score (nSPS) is 18.5. The number of aromatic nitrogens is 1. The zero-order valence-corrected chi connectivity index (χ0v) is 17.4. The number of aryl methyl sites for hydroxylation is 1. The smallest absolute Gasteiger partial charge is 0.408 e. The second-order valence-corrected chi connectivity index (χ2v) is 8.19. The number of oxazole rings is 1. The summed E-state index contributed by atoms with van der Waals surface area (Å²) in [7, 11) is 0. The second-order valence-electron chi connectivity index (χ2n) is 8.19. The van der Waals surface area contributed by atoms with E-state index in [2.05, 4.69) is 4.90 Å². The van der Waals surface area contributed by atoms with Gasteiger partial charge in [0.05, 0.1) is 12.1 Å². The van der Waals surface area contributed by atoms with E-state index < -0.39 is 5.76 Å². The van der Waals surface area contributed by atoms with E-state index in [0.717, 1.165) is 25.9 Å². The average molecular weight is 415 g/mol. The van der Waals surface area contributed by atoms with Gasteiger partial charge in [-0.25, -0.2) is 4.79 Å². The number of hydrogen-bond donors (Lipinski definition) is 0. The molecule has 3 heterocycles. The Bertz CT molecular complexity index is 934. The maximum atomic E-state index is 12.6. The minimum Gasteiger partial charge on any atom is -0.408 e. The second kappa shape index (κ2) is 9.47. The summed E-state index contributed by atoms with van der Waals surface area (Å²) >= 11 is 0. The van der Waals surface area contributed by atoms with Crippen LogP contribution < -0.4 is 5.76 Å². The Balaban J connectivity index is 1.24. The quantitative estimate of drug-likeness (QED) is 0.742. The zero-order chi connectivity index (χ0) is 20.9. The molecule has 0 radical (unpaired) electrons. The average Bonchev–Trinajstić information content (AvgIpc) is 2.92. The molecule has 8 nitrogen and oxygen atoms in total. The number of rotatable bonds is 5. The summed E-state index contributed by atoms with van der Waals surface area (Å²) in [5, 5.41) is 0. The van der Waals surface area contributed by atoms with Gasteiger partial charge >= 0.3 is 5.76 Å². The number of nitrogens with zero attached hydrogens (tertiary/aromatic N) is 4. The topological polar surface area (TPSA) is 79.0 Å². The van der Waals surface area contributed by atoms with Gasteiger partial charge in [0.1, 0.15) is 0 Å². The Morgan fingerprint density at radius 3 is 2.23 bits per heavy atom. The molecule has 30 heavy (non-hydrogen) atoms. The number of fused-ring (bicyclic) bond motifs is 1. The molecule has 2 aromatic rings. The molecular formula is C22H30N4O4. The number of likely N-dealkylation sites (tertiary alicyclic amines) is 1. The standard InChI is InChI=1S/C22H30N4O4/c27-20(9-12-26-18-7-3-4-8-19(18)30-22(26)29)25-15-13-23(14-16-25)17-21(28)24-10-5-1-2-6-11-24/h3-4,7-8H,1-2,5-6,9-17H2. The Hall–Kier alpha value is -2.61. The van der Waals surface area contributed by atoms with Gasteiger partial charge in [-0.05, 0) is 25.0 Å². The van der Waals surface area contributed by atoms with Crippen molar-refractivity contribution in [2.24, 2.45) is 0 Å². The van der Waals surface area contributed by atoms with Crippen LogP contribution in [0.5, 0.6) is 0 Å². The van der Waals surface area contributed by atoms with Crippen molar-refractivity contribution in [1.29, 1.82) is 0 Å². The van der Waals surface area contributed by atoms with Crippen molar-refractivity contribution in [3.8, 4) is 0 Å². The molecule has 2 saturated heterocycles. The lowest BCUT2D eigenvalue weighted by Crippen LogP contribution is -2.51. The molecule has 0 aliphatic carbocycles. The van der Waals surface area contributed by atoms with E-state index in [1.54, 1.807) is 6.07 Å². The summed E-state index contributed by atoms with van der Waals surface area (Å²) < 4.78 is 6.74. The summed E-state index contributed by atoms with van der Waals surface area (Å²) in [5.41, 5.74) is 1.25. The van der Waals surface area contributed by atoms with Gasteiger partial charge in [0.25, 0.3) is 0 Å². The van der Waals surface area contributed by atoms with Gasteiger partial charge in [0.15, 0.2) is 5.58 Å². The van der Waals surface area contributed by atoms with E-state index in [1.807, 2.05) is 28.0 Å². The lowest BCUT2D eigenvalue weighted by atomic mass is 10.2. The van der Waals surface area contributed by atoms with Crippen molar-refractivity contribution in [3.05, 3.63) is 34.8 Å². The van der Waals surface area contributed by atoms with Gasteiger partial charge in [0, 0.05) is 52.2 Å². The van der Waals surface area contributed by atoms with Crippen LogP contribution in [0.2, 0.25) is 0 Å².